The Hall–Kier alpha value is -0.780. The predicted molar refractivity (Wildman–Crippen MR) is 53.0 cm³/mol. The van der Waals surface area contributed by atoms with Gasteiger partial charge in [0.25, 0.3) is 0 Å². The zero-order chi connectivity index (χ0) is 10.9. The SMILES string of the molecule is FC(F)(F)c1cnc(NC2CCCC2)s1. The van der Waals surface area contributed by atoms with E-state index in [0.717, 1.165) is 31.9 Å². The van der Waals surface area contributed by atoms with Gasteiger partial charge in [-0.05, 0) is 12.8 Å². The highest BCUT2D eigenvalue weighted by Gasteiger charge is 2.33. The molecule has 0 saturated heterocycles. The lowest BCUT2D eigenvalue weighted by atomic mass is 10.3. The number of thiazole rings is 1. The number of hydrogen-bond donors (Lipinski definition) is 1. The van der Waals surface area contributed by atoms with Gasteiger partial charge in [0.15, 0.2) is 5.13 Å². The fourth-order valence-electron chi connectivity index (χ4n) is 1.72. The molecule has 0 amide bonds. The predicted octanol–water partition coefficient (Wildman–Crippen LogP) is 3.52. The van der Waals surface area contributed by atoms with Crippen LogP contribution in [0.2, 0.25) is 0 Å². The lowest BCUT2D eigenvalue weighted by Gasteiger charge is -2.09. The fraction of sp³-hybridized carbons (Fsp3) is 0.667. The van der Waals surface area contributed by atoms with Crippen molar-refractivity contribution in [3.05, 3.63) is 11.1 Å². The van der Waals surface area contributed by atoms with E-state index in [0.29, 0.717) is 22.5 Å². The molecule has 2 nitrogen and oxygen atoms in total. The van der Waals surface area contributed by atoms with Crippen LogP contribution in [0.3, 0.4) is 0 Å². The van der Waals surface area contributed by atoms with Crippen LogP contribution in [-0.2, 0) is 6.18 Å². The number of aromatic nitrogens is 1. The van der Waals surface area contributed by atoms with Crippen molar-refractivity contribution in [1.82, 2.24) is 4.98 Å². The number of nitrogens with one attached hydrogen (secondary N) is 1. The molecule has 0 spiro atoms. The molecule has 1 aromatic rings. The number of alkyl halides is 3. The van der Waals surface area contributed by atoms with Crippen LogP contribution in [0.15, 0.2) is 6.20 Å². The van der Waals surface area contributed by atoms with Gasteiger partial charge in [-0.15, -0.1) is 0 Å². The van der Waals surface area contributed by atoms with Crippen LogP contribution >= 0.6 is 11.3 Å². The van der Waals surface area contributed by atoms with Crippen molar-refractivity contribution >= 4 is 16.5 Å². The monoisotopic (exact) mass is 236 g/mol. The van der Waals surface area contributed by atoms with Crippen LogP contribution in [0.1, 0.15) is 30.6 Å². The molecule has 1 saturated carbocycles. The first-order valence-corrected chi connectivity index (χ1v) is 5.67. The quantitative estimate of drug-likeness (QED) is 0.849. The summed E-state index contributed by atoms with van der Waals surface area (Å²) in [6.07, 6.45) is 0.974. The zero-order valence-electron chi connectivity index (χ0n) is 7.97. The van der Waals surface area contributed by atoms with Gasteiger partial charge < -0.3 is 5.32 Å². The number of rotatable bonds is 2. The summed E-state index contributed by atoms with van der Waals surface area (Å²) in [7, 11) is 0. The van der Waals surface area contributed by atoms with Gasteiger partial charge in [-0.2, -0.15) is 13.2 Å². The molecular weight excluding hydrogens is 225 g/mol. The largest absolute Gasteiger partial charge is 0.427 e. The molecule has 0 radical (unpaired) electrons. The van der Waals surface area contributed by atoms with Crippen LogP contribution in [0.25, 0.3) is 0 Å². The maximum atomic E-state index is 12.3. The van der Waals surface area contributed by atoms with E-state index >= 15 is 0 Å². The van der Waals surface area contributed by atoms with Crippen molar-refractivity contribution in [3.63, 3.8) is 0 Å². The second kappa shape index (κ2) is 4.00. The van der Waals surface area contributed by atoms with Gasteiger partial charge in [0.1, 0.15) is 4.88 Å². The highest BCUT2D eigenvalue weighted by Crippen LogP contribution is 2.35. The minimum Gasteiger partial charge on any atom is -0.359 e. The second-order valence-electron chi connectivity index (χ2n) is 3.65. The van der Waals surface area contributed by atoms with Crippen molar-refractivity contribution in [2.24, 2.45) is 0 Å². The average molecular weight is 236 g/mol. The summed E-state index contributed by atoms with van der Waals surface area (Å²) in [6.45, 7) is 0. The molecule has 84 valence electrons. The van der Waals surface area contributed by atoms with Crippen molar-refractivity contribution in [1.29, 1.82) is 0 Å². The fourth-order valence-corrected chi connectivity index (χ4v) is 2.48. The van der Waals surface area contributed by atoms with E-state index in [-0.39, 0.29) is 0 Å². The average Bonchev–Trinajstić information content (AvgIpc) is 2.73. The number of anilines is 1. The summed E-state index contributed by atoms with van der Waals surface area (Å²) in [5, 5.41) is 3.42. The van der Waals surface area contributed by atoms with E-state index < -0.39 is 11.1 Å². The topological polar surface area (TPSA) is 24.9 Å². The zero-order valence-corrected chi connectivity index (χ0v) is 8.79. The van der Waals surface area contributed by atoms with Gasteiger partial charge in [-0.1, -0.05) is 24.2 Å². The molecule has 1 heterocycles. The first-order chi connectivity index (χ1) is 7.05. The van der Waals surface area contributed by atoms with Crippen LogP contribution in [0.5, 0.6) is 0 Å². The van der Waals surface area contributed by atoms with Crippen LogP contribution in [-0.4, -0.2) is 11.0 Å². The second-order valence-corrected chi connectivity index (χ2v) is 4.68. The maximum Gasteiger partial charge on any atom is 0.427 e. The minimum absolute atomic E-state index is 0.303. The maximum absolute atomic E-state index is 12.3. The van der Waals surface area contributed by atoms with E-state index in [4.69, 9.17) is 0 Å². The Balaban J connectivity index is 2.00. The van der Waals surface area contributed by atoms with Gasteiger partial charge >= 0.3 is 6.18 Å². The summed E-state index contributed by atoms with van der Waals surface area (Å²) >= 11 is 0.679. The van der Waals surface area contributed by atoms with Gasteiger partial charge in [0.05, 0.1) is 6.20 Å². The van der Waals surface area contributed by atoms with Crippen LogP contribution < -0.4 is 5.32 Å². The third-order valence-corrected chi connectivity index (χ3v) is 3.44. The molecule has 0 unspecified atom stereocenters. The molecule has 1 aliphatic carbocycles. The molecule has 0 aliphatic heterocycles. The number of hydrogen-bond acceptors (Lipinski definition) is 3. The molecule has 0 atom stereocenters. The van der Waals surface area contributed by atoms with Crippen molar-refractivity contribution in [2.75, 3.05) is 5.32 Å². The third kappa shape index (κ3) is 2.62. The van der Waals surface area contributed by atoms with E-state index in [2.05, 4.69) is 10.3 Å². The summed E-state index contributed by atoms with van der Waals surface area (Å²) in [6, 6.07) is 0.303. The molecule has 1 fully saturated rings. The summed E-state index contributed by atoms with van der Waals surface area (Å²) in [5.74, 6) is 0. The Morgan fingerprint density at radius 3 is 2.53 bits per heavy atom. The molecular formula is C9H11F3N2S. The van der Waals surface area contributed by atoms with Gasteiger partial charge in [-0.25, -0.2) is 4.98 Å². The Morgan fingerprint density at radius 1 is 1.33 bits per heavy atom. The van der Waals surface area contributed by atoms with Gasteiger partial charge in [-0.3, -0.25) is 0 Å². The summed E-state index contributed by atoms with van der Waals surface area (Å²) < 4.78 is 36.8. The third-order valence-electron chi connectivity index (χ3n) is 2.47. The Morgan fingerprint density at radius 2 is 2.00 bits per heavy atom. The summed E-state index contributed by atoms with van der Waals surface area (Å²) in [4.78, 5) is 3.10. The molecule has 1 aromatic heterocycles. The van der Waals surface area contributed by atoms with Crippen molar-refractivity contribution in [2.45, 2.75) is 37.9 Å². The highest BCUT2D eigenvalue weighted by atomic mass is 32.1. The lowest BCUT2D eigenvalue weighted by Crippen LogP contribution is -2.13. The molecule has 2 rings (SSSR count). The molecule has 15 heavy (non-hydrogen) atoms. The first kappa shape index (κ1) is 10.7. The molecule has 1 N–H and O–H groups in total. The normalized spacial score (nSPS) is 18.3. The summed E-state index contributed by atoms with van der Waals surface area (Å²) in [5.41, 5.74) is 0. The highest BCUT2D eigenvalue weighted by molar-refractivity contribution is 7.15. The Bertz CT molecular complexity index is 328. The molecule has 1 aliphatic rings. The van der Waals surface area contributed by atoms with E-state index in [9.17, 15) is 13.2 Å². The Labute approximate surface area is 89.5 Å². The Kier molecular flexibility index (Phi) is 2.86. The van der Waals surface area contributed by atoms with Crippen molar-refractivity contribution in [3.8, 4) is 0 Å². The van der Waals surface area contributed by atoms with Crippen molar-refractivity contribution < 1.29 is 13.2 Å². The van der Waals surface area contributed by atoms with Crippen LogP contribution in [0, 0.1) is 0 Å². The standard InChI is InChI=1S/C9H11F3N2S/c10-9(11,12)7-5-13-8(15-7)14-6-3-1-2-4-6/h5-6H,1-4H2,(H,13,14). The lowest BCUT2D eigenvalue weighted by molar-refractivity contribution is -0.134. The first-order valence-electron chi connectivity index (χ1n) is 4.85. The molecule has 0 bridgehead atoms. The molecule has 0 aromatic carbocycles. The van der Waals surface area contributed by atoms with Gasteiger partial charge in [0.2, 0.25) is 0 Å². The minimum atomic E-state index is -4.27. The van der Waals surface area contributed by atoms with E-state index in [1.165, 1.54) is 0 Å². The van der Waals surface area contributed by atoms with E-state index in [1.807, 2.05) is 0 Å². The number of nitrogens with zero attached hydrogens (tertiary/aromatic N) is 1. The smallest absolute Gasteiger partial charge is 0.359 e. The molecule has 6 heteroatoms. The number of halogens is 3. The van der Waals surface area contributed by atoms with Gasteiger partial charge in [0, 0.05) is 6.04 Å². The van der Waals surface area contributed by atoms with Crippen LogP contribution in [0.4, 0.5) is 18.3 Å². The van der Waals surface area contributed by atoms with E-state index in [1.54, 1.807) is 0 Å².